The van der Waals surface area contributed by atoms with Gasteiger partial charge in [0.25, 0.3) is 5.91 Å². The molecule has 0 radical (unpaired) electrons. The topological polar surface area (TPSA) is 88.0 Å². The van der Waals surface area contributed by atoms with E-state index in [1.54, 1.807) is 4.90 Å². The van der Waals surface area contributed by atoms with Crippen LogP contribution in [-0.4, -0.2) is 52.8 Å². The van der Waals surface area contributed by atoms with Gasteiger partial charge in [0.15, 0.2) is 5.69 Å². The van der Waals surface area contributed by atoms with E-state index in [-0.39, 0.29) is 11.9 Å². The Morgan fingerprint density at radius 1 is 1.39 bits per heavy atom. The van der Waals surface area contributed by atoms with Crippen molar-refractivity contribution in [2.24, 2.45) is 10.7 Å². The quantitative estimate of drug-likeness (QED) is 0.893. The van der Waals surface area contributed by atoms with Gasteiger partial charge < -0.3 is 15.1 Å². The number of carbonyl (C=O) groups excluding carboxylic acids is 1. The number of hydrogen-bond acceptors (Lipinski definition) is 6. The van der Waals surface area contributed by atoms with Crippen LogP contribution in [0.25, 0.3) is 0 Å². The van der Waals surface area contributed by atoms with Crippen molar-refractivity contribution in [3.63, 3.8) is 0 Å². The van der Waals surface area contributed by atoms with E-state index in [1.165, 1.54) is 6.26 Å². The largest absolute Gasteiger partial charge is 0.446 e. The van der Waals surface area contributed by atoms with Gasteiger partial charge in [-0.15, -0.1) is 0 Å². The maximum absolute atomic E-state index is 12.8. The van der Waals surface area contributed by atoms with Gasteiger partial charge in [0.2, 0.25) is 11.9 Å². The molecule has 3 rings (SSSR count). The Balaban J connectivity index is 1.72. The summed E-state index contributed by atoms with van der Waals surface area (Å²) in [6, 6.07) is -0.249. The normalized spacial score (nSPS) is 19.3. The Hall–Kier alpha value is -1.89. The van der Waals surface area contributed by atoms with Crippen molar-refractivity contribution < 1.29 is 9.21 Å². The van der Waals surface area contributed by atoms with E-state index in [4.69, 9.17) is 10.2 Å². The molecule has 0 aliphatic carbocycles. The summed E-state index contributed by atoms with van der Waals surface area (Å²) in [5, 5.41) is 0. The minimum Gasteiger partial charge on any atom is -0.446 e. The first-order valence-electron chi connectivity index (χ1n) is 8.53. The SMILES string of the molecule is CCCCC(N)c1nc(C(=O)N2CCCN3CCCN=C32)co1. The monoisotopic (exact) mass is 319 g/mol. The van der Waals surface area contributed by atoms with Crippen LogP contribution in [-0.2, 0) is 0 Å². The summed E-state index contributed by atoms with van der Waals surface area (Å²) < 4.78 is 5.43. The Kier molecular flexibility index (Phi) is 4.95. The molecule has 1 aromatic heterocycles. The molecule has 3 heterocycles. The first kappa shape index (κ1) is 16.0. The molecule has 7 nitrogen and oxygen atoms in total. The van der Waals surface area contributed by atoms with Gasteiger partial charge in [-0.05, 0) is 19.3 Å². The summed E-state index contributed by atoms with van der Waals surface area (Å²) in [5.74, 6) is 1.08. The average molecular weight is 319 g/mol. The van der Waals surface area contributed by atoms with E-state index in [9.17, 15) is 4.79 Å². The lowest BCUT2D eigenvalue weighted by atomic mass is 10.1. The second-order valence-electron chi connectivity index (χ2n) is 6.15. The minimum absolute atomic E-state index is 0.145. The van der Waals surface area contributed by atoms with Gasteiger partial charge in [-0.3, -0.25) is 14.7 Å². The average Bonchev–Trinajstić information content (AvgIpc) is 3.08. The van der Waals surface area contributed by atoms with Crippen LogP contribution in [0.3, 0.4) is 0 Å². The maximum Gasteiger partial charge on any atom is 0.282 e. The highest BCUT2D eigenvalue weighted by molar-refractivity contribution is 6.05. The highest BCUT2D eigenvalue weighted by Gasteiger charge is 2.32. The Morgan fingerprint density at radius 3 is 3.04 bits per heavy atom. The number of aromatic nitrogens is 1. The molecule has 0 saturated carbocycles. The van der Waals surface area contributed by atoms with Gasteiger partial charge in [-0.2, -0.15) is 0 Å². The van der Waals surface area contributed by atoms with Crippen molar-refractivity contribution in [2.45, 2.75) is 45.1 Å². The maximum atomic E-state index is 12.8. The van der Waals surface area contributed by atoms with Crippen LogP contribution in [0.1, 0.15) is 61.4 Å². The summed E-state index contributed by atoms with van der Waals surface area (Å²) in [5.41, 5.74) is 6.39. The fraction of sp³-hybridized carbons (Fsp3) is 0.688. The molecule has 2 aliphatic rings. The zero-order chi connectivity index (χ0) is 16.2. The Labute approximate surface area is 136 Å². The fourth-order valence-corrected chi connectivity index (χ4v) is 3.06. The molecule has 1 saturated heterocycles. The van der Waals surface area contributed by atoms with Crippen molar-refractivity contribution in [1.29, 1.82) is 0 Å². The van der Waals surface area contributed by atoms with E-state index in [0.29, 0.717) is 18.1 Å². The summed E-state index contributed by atoms with van der Waals surface area (Å²) >= 11 is 0. The number of fused-ring (bicyclic) bond motifs is 1. The van der Waals surface area contributed by atoms with Crippen molar-refractivity contribution >= 4 is 11.9 Å². The lowest BCUT2D eigenvalue weighted by Gasteiger charge is -2.39. The van der Waals surface area contributed by atoms with Gasteiger partial charge >= 0.3 is 0 Å². The molecule has 1 amide bonds. The molecule has 0 bridgehead atoms. The number of nitrogens with zero attached hydrogens (tertiary/aromatic N) is 4. The third kappa shape index (κ3) is 3.39. The van der Waals surface area contributed by atoms with Crippen molar-refractivity contribution in [1.82, 2.24) is 14.8 Å². The first-order valence-corrected chi connectivity index (χ1v) is 8.53. The van der Waals surface area contributed by atoms with Gasteiger partial charge in [0.1, 0.15) is 6.26 Å². The van der Waals surface area contributed by atoms with Gasteiger partial charge in [-0.25, -0.2) is 4.98 Å². The molecule has 1 fully saturated rings. The number of aliphatic imine (C=N–C) groups is 1. The van der Waals surface area contributed by atoms with Gasteiger partial charge in [0, 0.05) is 26.2 Å². The number of hydrogen-bond donors (Lipinski definition) is 1. The molecular formula is C16H25N5O2. The molecule has 1 atom stereocenters. The van der Waals surface area contributed by atoms with E-state index in [1.807, 2.05) is 0 Å². The molecule has 23 heavy (non-hydrogen) atoms. The molecule has 1 aromatic rings. The molecule has 126 valence electrons. The Morgan fingerprint density at radius 2 is 2.22 bits per heavy atom. The molecule has 2 N–H and O–H groups in total. The minimum atomic E-state index is -0.249. The molecule has 7 heteroatoms. The zero-order valence-corrected chi connectivity index (χ0v) is 13.7. The molecule has 0 aromatic carbocycles. The van der Waals surface area contributed by atoms with Crippen LogP contribution in [0.5, 0.6) is 0 Å². The molecule has 1 unspecified atom stereocenters. The highest BCUT2D eigenvalue weighted by atomic mass is 16.3. The van der Waals surface area contributed by atoms with Crippen molar-refractivity contribution in [3.05, 3.63) is 17.8 Å². The second kappa shape index (κ2) is 7.12. The van der Waals surface area contributed by atoms with Crippen LogP contribution in [0.4, 0.5) is 0 Å². The Bertz CT molecular complexity index is 583. The molecule has 0 spiro atoms. The van der Waals surface area contributed by atoms with Crippen LogP contribution >= 0.6 is 0 Å². The number of guanidine groups is 1. The predicted molar refractivity (Wildman–Crippen MR) is 87.1 cm³/mol. The number of amides is 1. The molecule has 2 aliphatic heterocycles. The summed E-state index contributed by atoms with van der Waals surface area (Å²) in [6.45, 7) is 5.51. The van der Waals surface area contributed by atoms with Crippen molar-refractivity contribution in [2.75, 3.05) is 26.2 Å². The lowest BCUT2D eigenvalue weighted by Crippen LogP contribution is -2.54. The summed E-state index contributed by atoms with van der Waals surface area (Å²) in [7, 11) is 0. The molecular weight excluding hydrogens is 294 g/mol. The van der Waals surface area contributed by atoms with Crippen LogP contribution in [0.15, 0.2) is 15.7 Å². The number of unbranched alkanes of at least 4 members (excludes halogenated alkanes) is 1. The second-order valence-corrected chi connectivity index (χ2v) is 6.15. The third-order valence-electron chi connectivity index (χ3n) is 4.35. The van der Waals surface area contributed by atoms with Crippen LogP contribution in [0, 0.1) is 0 Å². The first-order chi connectivity index (χ1) is 11.2. The number of oxazole rings is 1. The van der Waals surface area contributed by atoms with Crippen LogP contribution in [0.2, 0.25) is 0 Å². The summed E-state index contributed by atoms with van der Waals surface area (Å²) in [6.07, 6.45) is 6.33. The number of carbonyl (C=O) groups is 1. The third-order valence-corrected chi connectivity index (χ3v) is 4.35. The summed E-state index contributed by atoms with van der Waals surface area (Å²) in [4.78, 5) is 25.5. The highest BCUT2D eigenvalue weighted by Crippen LogP contribution is 2.20. The van der Waals surface area contributed by atoms with E-state index >= 15 is 0 Å². The smallest absolute Gasteiger partial charge is 0.282 e. The number of rotatable bonds is 5. The van der Waals surface area contributed by atoms with E-state index < -0.39 is 0 Å². The van der Waals surface area contributed by atoms with Gasteiger partial charge in [-0.1, -0.05) is 19.8 Å². The van der Waals surface area contributed by atoms with E-state index in [2.05, 4.69) is 21.8 Å². The van der Waals surface area contributed by atoms with Crippen LogP contribution < -0.4 is 5.73 Å². The number of nitrogens with two attached hydrogens (primary N) is 1. The fourth-order valence-electron chi connectivity index (χ4n) is 3.06. The van der Waals surface area contributed by atoms with Crippen molar-refractivity contribution in [3.8, 4) is 0 Å². The van der Waals surface area contributed by atoms with Gasteiger partial charge in [0.05, 0.1) is 6.04 Å². The zero-order valence-electron chi connectivity index (χ0n) is 13.7. The standard InChI is InChI=1S/C16H25N5O2/c1-2-3-6-12(17)14-19-13(11-23-14)15(22)21-10-5-9-20-8-4-7-18-16(20)21/h11-12H,2-10,17H2,1H3. The lowest BCUT2D eigenvalue weighted by molar-refractivity contribution is 0.0795. The van der Waals surface area contributed by atoms with E-state index in [0.717, 1.165) is 57.7 Å². The predicted octanol–water partition coefficient (Wildman–Crippen LogP) is 1.77.